The first-order valence-corrected chi connectivity index (χ1v) is 9.19. The van der Waals surface area contributed by atoms with Crippen LogP contribution in [0.25, 0.3) is 22.6 Å². The van der Waals surface area contributed by atoms with Crippen LogP contribution in [0.3, 0.4) is 0 Å². The molecule has 2 N–H and O–H groups in total. The monoisotopic (exact) mass is 408 g/mol. The average molecular weight is 409 g/mol. The fraction of sp³-hybridized carbons (Fsp3) is 0. The molecule has 2 heterocycles. The number of nitrogens with one attached hydrogen (secondary N) is 2. The molecule has 0 bridgehead atoms. The van der Waals surface area contributed by atoms with Crippen LogP contribution in [0.1, 0.15) is 10.5 Å². The topological polar surface area (TPSA) is 70.7 Å². The zero-order chi connectivity index (χ0) is 19.5. The number of benzene rings is 2. The Labute approximate surface area is 171 Å². The molecule has 0 saturated carbocycles. The van der Waals surface area contributed by atoms with Crippen molar-refractivity contribution >= 4 is 34.8 Å². The van der Waals surface area contributed by atoms with Crippen molar-refractivity contribution in [1.82, 2.24) is 15.0 Å². The van der Waals surface area contributed by atoms with Crippen LogP contribution in [0, 0.1) is 0 Å². The number of carbonyl (C=O) groups excluding carboxylic acids is 1. The van der Waals surface area contributed by atoms with Crippen molar-refractivity contribution < 1.29 is 4.79 Å². The molecule has 0 unspecified atom stereocenters. The molecule has 4 rings (SSSR count). The molecule has 138 valence electrons. The number of nitrogens with zero attached hydrogens (tertiary/aromatic N) is 2. The number of hydrogen-bond donors (Lipinski definition) is 2. The highest BCUT2D eigenvalue weighted by molar-refractivity contribution is 6.33. The molecule has 0 atom stereocenters. The predicted octanol–water partition coefficient (Wildman–Crippen LogP) is 5.70. The Bertz CT molecular complexity index is 1140. The molecule has 28 heavy (non-hydrogen) atoms. The number of anilines is 1. The lowest BCUT2D eigenvalue weighted by molar-refractivity contribution is 0.102. The van der Waals surface area contributed by atoms with E-state index in [9.17, 15) is 4.79 Å². The standard InChI is InChI=1S/C21H14Cl2N4O/c22-14-8-9-24-18(10-14)21(28)26-15-6-7-17(23)16(11-15)20-25-12-19(27-20)13-4-2-1-3-5-13/h1-12H,(H,25,27)(H,26,28). The Hall–Kier alpha value is -3.15. The van der Waals surface area contributed by atoms with Crippen molar-refractivity contribution in [3.8, 4) is 22.6 Å². The van der Waals surface area contributed by atoms with E-state index in [2.05, 4.69) is 20.3 Å². The number of carbonyl (C=O) groups is 1. The molecular weight excluding hydrogens is 395 g/mol. The summed E-state index contributed by atoms with van der Waals surface area (Å²) >= 11 is 12.3. The summed E-state index contributed by atoms with van der Waals surface area (Å²) < 4.78 is 0. The van der Waals surface area contributed by atoms with E-state index in [4.69, 9.17) is 23.2 Å². The molecule has 7 heteroatoms. The summed E-state index contributed by atoms with van der Waals surface area (Å²) in [5.41, 5.74) is 3.39. The normalized spacial score (nSPS) is 10.6. The van der Waals surface area contributed by atoms with Gasteiger partial charge < -0.3 is 10.3 Å². The van der Waals surface area contributed by atoms with E-state index in [0.29, 0.717) is 27.1 Å². The molecule has 0 fully saturated rings. The summed E-state index contributed by atoms with van der Waals surface area (Å²) in [6.45, 7) is 0. The number of rotatable bonds is 4. The van der Waals surface area contributed by atoms with Gasteiger partial charge in [0.1, 0.15) is 11.5 Å². The lowest BCUT2D eigenvalue weighted by atomic mass is 10.1. The third kappa shape index (κ3) is 3.91. The van der Waals surface area contributed by atoms with E-state index in [-0.39, 0.29) is 11.6 Å². The van der Waals surface area contributed by atoms with Gasteiger partial charge in [-0.3, -0.25) is 9.78 Å². The van der Waals surface area contributed by atoms with E-state index >= 15 is 0 Å². The van der Waals surface area contributed by atoms with Gasteiger partial charge in [0.15, 0.2) is 0 Å². The Morgan fingerprint density at radius 3 is 2.57 bits per heavy atom. The van der Waals surface area contributed by atoms with Crippen molar-refractivity contribution in [3.63, 3.8) is 0 Å². The van der Waals surface area contributed by atoms with Crippen LogP contribution >= 0.6 is 23.2 Å². The van der Waals surface area contributed by atoms with Gasteiger partial charge >= 0.3 is 0 Å². The zero-order valence-electron chi connectivity index (χ0n) is 14.5. The molecule has 4 aromatic rings. The Morgan fingerprint density at radius 2 is 1.79 bits per heavy atom. The number of halogens is 2. The maximum atomic E-state index is 12.4. The number of amides is 1. The van der Waals surface area contributed by atoms with Crippen LogP contribution in [0.2, 0.25) is 10.0 Å². The lowest BCUT2D eigenvalue weighted by Gasteiger charge is -2.08. The second kappa shape index (κ2) is 7.84. The first kappa shape index (κ1) is 18.2. The summed E-state index contributed by atoms with van der Waals surface area (Å²) in [4.78, 5) is 24.1. The predicted molar refractivity (Wildman–Crippen MR) is 112 cm³/mol. The van der Waals surface area contributed by atoms with E-state index < -0.39 is 0 Å². The van der Waals surface area contributed by atoms with E-state index in [1.807, 2.05) is 30.3 Å². The summed E-state index contributed by atoms with van der Waals surface area (Å²) in [6, 6.07) is 18.2. The highest BCUT2D eigenvalue weighted by Crippen LogP contribution is 2.30. The van der Waals surface area contributed by atoms with Crippen molar-refractivity contribution in [2.24, 2.45) is 0 Å². The van der Waals surface area contributed by atoms with E-state index in [1.54, 1.807) is 30.5 Å². The Morgan fingerprint density at radius 1 is 0.964 bits per heavy atom. The van der Waals surface area contributed by atoms with Gasteiger partial charge in [-0.15, -0.1) is 0 Å². The molecule has 2 aromatic heterocycles. The van der Waals surface area contributed by atoms with Gasteiger partial charge in [0.25, 0.3) is 5.91 Å². The van der Waals surface area contributed by atoms with Crippen molar-refractivity contribution in [2.75, 3.05) is 5.32 Å². The minimum Gasteiger partial charge on any atom is -0.338 e. The van der Waals surface area contributed by atoms with Crippen LogP contribution in [0.4, 0.5) is 5.69 Å². The van der Waals surface area contributed by atoms with Crippen molar-refractivity contribution in [1.29, 1.82) is 0 Å². The number of aromatic amines is 1. The fourth-order valence-corrected chi connectivity index (χ4v) is 3.10. The van der Waals surface area contributed by atoms with Crippen LogP contribution in [0.5, 0.6) is 0 Å². The Kier molecular flexibility index (Phi) is 5.10. The summed E-state index contributed by atoms with van der Waals surface area (Å²) in [6.07, 6.45) is 3.24. The molecule has 1 amide bonds. The first-order chi connectivity index (χ1) is 13.6. The minimum absolute atomic E-state index is 0.230. The van der Waals surface area contributed by atoms with Gasteiger partial charge in [-0.05, 0) is 35.9 Å². The van der Waals surface area contributed by atoms with Gasteiger partial charge in [-0.25, -0.2) is 4.98 Å². The van der Waals surface area contributed by atoms with Gasteiger partial charge in [0, 0.05) is 22.5 Å². The number of H-pyrrole nitrogens is 1. The van der Waals surface area contributed by atoms with Crippen LogP contribution in [0.15, 0.2) is 73.1 Å². The molecule has 0 aliphatic rings. The summed E-state index contributed by atoms with van der Waals surface area (Å²) in [5.74, 6) is 0.251. The lowest BCUT2D eigenvalue weighted by Crippen LogP contribution is -2.13. The highest BCUT2D eigenvalue weighted by Gasteiger charge is 2.13. The van der Waals surface area contributed by atoms with Gasteiger partial charge in [0.05, 0.1) is 16.9 Å². The molecule has 0 aliphatic carbocycles. The second-order valence-corrected chi connectivity index (χ2v) is 6.86. The number of hydrogen-bond acceptors (Lipinski definition) is 3. The summed E-state index contributed by atoms with van der Waals surface area (Å²) in [7, 11) is 0. The first-order valence-electron chi connectivity index (χ1n) is 8.43. The number of aromatic nitrogens is 3. The van der Waals surface area contributed by atoms with Gasteiger partial charge in [0.2, 0.25) is 0 Å². The summed E-state index contributed by atoms with van der Waals surface area (Å²) in [5, 5.41) is 3.77. The molecule has 5 nitrogen and oxygen atoms in total. The van der Waals surface area contributed by atoms with Crippen LogP contribution in [-0.2, 0) is 0 Å². The molecule has 0 spiro atoms. The molecule has 0 aliphatic heterocycles. The molecule has 2 aromatic carbocycles. The fourth-order valence-electron chi connectivity index (χ4n) is 2.73. The van der Waals surface area contributed by atoms with E-state index in [0.717, 1.165) is 11.3 Å². The quantitative estimate of drug-likeness (QED) is 0.454. The highest BCUT2D eigenvalue weighted by atomic mass is 35.5. The van der Waals surface area contributed by atoms with Crippen LogP contribution in [-0.4, -0.2) is 20.9 Å². The molecular formula is C21H14Cl2N4O. The zero-order valence-corrected chi connectivity index (χ0v) is 16.0. The van der Waals surface area contributed by atoms with Crippen molar-refractivity contribution in [3.05, 3.63) is 88.8 Å². The maximum Gasteiger partial charge on any atom is 0.274 e. The van der Waals surface area contributed by atoms with Crippen molar-refractivity contribution in [2.45, 2.75) is 0 Å². The SMILES string of the molecule is O=C(Nc1ccc(Cl)c(-c2ncc(-c3ccccc3)[nH]2)c1)c1cc(Cl)ccn1. The van der Waals surface area contributed by atoms with Gasteiger partial charge in [-0.2, -0.15) is 0 Å². The molecule has 0 radical (unpaired) electrons. The van der Waals surface area contributed by atoms with Crippen LogP contribution < -0.4 is 5.32 Å². The number of imidazole rings is 1. The maximum absolute atomic E-state index is 12.4. The Balaban J connectivity index is 1.61. The third-order valence-electron chi connectivity index (χ3n) is 4.09. The smallest absolute Gasteiger partial charge is 0.274 e. The largest absolute Gasteiger partial charge is 0.338 e. The third-order valence-corrected chi connectivity index (χ3v) is 4.66. The number of pyridine rings is 1. The molecule has 0 saturated heterocycles. The van der Waals surface area contributed by atoms with Gasteiger partial charge in [-0.1, -0.05) is 53.5 Å². The van der Waals surface area contributed by atoms with E-state index in [1.165, 1.54) is 12.3 Å². The second-order valence-electron chi connectivity index (χ2n) is 6.02. The minimum atomic E-state index is -0.361. The average Bonchev–Trinajstić information content (AvgIpc) is 3.20.